The van der Waals surface area contributed by atoms with Crippen LogP contribution in [0, 0.1) is 0 Å². The topological polar surface area (TPSA) is 29.5 Å². The zero-order valence-corrected chi connectivity index (χ0v) is 26.1. The molecule has 0 amide bonds. The van der Waals surface area contributed by atoms with Gasteiger partial charge in [0.15, 0.2) is 0 Å². The minimum Gasteiger partial charge on any atom is -0.460 e. The maximum atomic E-state index is 6.58. The van der Waals surface area contributed by atoms with Crippen molar-refractivity contribution in [2.75, 3.05) is 4.90 Å². The lowest BCUT2D eigenvalue weighted by Crippen LogP contribution is -2.22. The molecule has 1 aliphatic carbocycles. The summed E-state index contributed by atoms with van der Waals surface area (Å²) in [5.41, 5.74) is 9.27. The highest BCUT2D eigenvalue weighted by atomic mass is 16.3. The Labute approximate surface area is 276 Å². The van der Waals surface area contributed by atoms with E-state index in [0.29, 0.717) is 0 Å². The van der Waals surface area contributed by atoms with Crippen molar-refractivity contribution < 1.29 is 8.83 Å². The molecule has 0 aliphatic heterocycles. The van der Waals surface area contributed by atoms with Crippen molar-refractivity contribution in [3.8, 4) is 11.1 Å². The van der Waals surface area contributed by atoms with Gasteiger partial charge >= 0.3 is 0 Å². The molecule has 0 unspecified atom stereocenters. The van der Waals surface area contributed by atoms with E-state index < -0.39 is 0 Å². The maximum absolute atomic E-state index is 6.58. The summed E-state index contributed by atoms with van der Waals surface area (Å²) in [6, 6.07) is 53.7. The van der Waals surface area contributed by atoms with Crippen molar-refractivity contribution in [1.82, 2.24) is 0 Å². The van der Waals surface area contributed by atoms with E-state index in [-0.39, 0.29) is 0 Å². The van der Waals surface area contributed by atoms with Gasteiger partial charge in [-0.2, -0.15) is 0 Å². The first-order chi connectivity index (χ1) is 23.8. The molecule has 0 N–H and O–H groups in total. The normalized spacial score (nSPS) is 12.4. The average molecular weight is 616 g/mol. The number of rotatable bonds is 4. The van der Waals surface area contributed by atoms with Gasteiger partial charge in [-0.15, -0.1) is 0 Å². The second-order valence-electron chi connectivity index (χ2n) is 12.4. The zero-order chi connectivity index (χ0) is 31.6. The van der Waals surface area contributed by atoms with Gasteiger partial charge in [0.2, 0.25) is 0 Å². The number of anilines is 3. The van der Waals surface area contributed by atoms with Crippen LogP contribution in [0.15, 0.2) is 160 Å². The van der Waals surface area contributed by atoms with E-state index in [1.54, 1.807) is 0 Å². The Kier molecular flexibility index (Phi) is 5.94. The molecule has 9 aromatic rings. The first kappa shape index (κ1) is 26.9. The molecule has 0 fully saturated rings. The van der Waals surface area contributed by atoms with Gasteiger partial charge in [-0.3, -0.25) is 0 Å². The monoisotopic (exact) mass is 615 g/mol. The van der Waals surface area contributed by atoms with Crippen molar-refractivity contribution in [2.24, 2.45) is 0 Å². The van der Waals surface area contributed by atoms with Crippen LogP contribution in [0.3, 0.4) is 0 Å². The van der Waals surface area contributed by atoms with E-state index in [1.807, 2.05) is 12.1 Å². The molecule has 2 heterocycles. The molecule has 0 spiro atoms. The summed E-state index contributed by atoms with van der Waals surface area (Å²) in [6.07, 6.45) is 5.31. The van der Waals surface area contributed by atoms with E-state index in [4.69, 9.17) is 8.83 Å². The van der Waals surface area contributed by atoms with E-state index in [0.717, 1.165) is 78.8 Å². The number of benzene rings is 7. The lowest BCUT2D eigenvalue weighted by molar-refractivity contribution is 0.568. The first-order valence-electron chi connectivity index (χ1n) is 16.4. The molecule has 0 saturated carbocycles. The third kappa shape index (κ3) is 4.14. The number of para-hydroxylation sites is 2. The number of furan rings is 2. The highest BCUT2D eigenvalue weighted by Crippen LogP contribution is 2.47. The summed E-state index contributed by atoms with van der Waals surface area (Å²) >= 11 is 0. The van der Waals surface area contributed by atoms with Crippen LogP contribution in [0.1, 0.15) is 11.3 Å². The average Bonchev–Trinajstić information content (AvgIpc) is 3.63. The zero-order valence-electron chi connectivity index (χ0n) is 26.1. The van der Waals surface area contributed by atoms with Crippen LogP contribution in [-0.4, -0.2) is 0 Å². The second-order valence-corrected chi connectivity index (χ2v) is 12.4. The van der Waals surface area contributed by atoms with E-state index in [1.165, 1.54) is 21.2 Å². The number of fused-ring (bicyclic) bond motifs is 8. The standard InChI is InChI=1S/C45H29NO2/c1-2-13-31-27-38-42(26-23-29(31)11-1)47-43-22-10-18-37(45(38)43)34-16-5-7-19-40(34)46(39-20-9-14-30-12-3-4-15-33(30)39)32-24-25-36-35-17-6-8-21-41(35)48-44(36)28-32/h1-25,27-28H,26H2. The Morgan fingerprint density at radius 1 is 0.479 bits per heavy atom. The van der Waals surface area contributed by atoms with Gasteiger partial charge in [0.05, 0.1) is 11.4 Å². The van der Waals surface area contributed by atoms with Crippen LogP contribution in [0.5, 0.6) is 0 Å². The van der Waals surface area contributed by atoms with Crippen molar-refractivity contribution in [1.29, 1.82) is 0 Å². The summed E-state index contributed by atoms with van der Waals surface area (Å²) in [6.45, 7) is 0. The predicted molar refractivity (Wildman–Crippen MR) is 199 cm³/mol. The summed E-state index contributed by atoms with van der Waals surface area (Å²) in [5.74, 6) is 0.993. The second kappa shape index (κ2) is 10.6. The fraction of sp³-hybridized carbons (Fsp3) is 0.0222. The molecular weight excluding hydrogens is 587 g/mol. The van der Waals surface area contributed by atoms with Gasteiger partial charge in [0.25, 0.3) is 0 Å². The van der Waals surface area contributed by atoms with Gasteiger partial charge in [0.1, 0.15) is 22.5 Å². The van der Waals surface area contributed by atoms with Crippen LogP contribution >= 0.6 is 0 Å². The molecule has 2 aromatic heterocycles. The molecule has 10 rings (SSSR count). The van der Waals surface area contributed by atoms with E-state index in [9.17, 15) is 0 Å². The fourth-order valence-corrected chi connectivity index (χ4v) is 7.50. The molecule has 3 nitrogen and oxygen atoms in total. The number of nitrogens with zero attached hydrogens (tertiary/aromatic N) is 1. The summed E-state index contributed by atoms with van der Waals surface area (Å²) in [7, 11) is 0. The van der Waals surface area contributed by atoms with Crippen LogP contribution in [-0.2, 0) is 6.42 Å². The molecule has 0 saturated heterocycles. The Hall–Kier alpha value is -6.32. The van der Waals surface area contributed by atoms with E-state index >= 15 is 0 Å². The smallest absolute Gasteiger partial charge is 0.137 e. The highest BCUT2D eigenvalue weighted by Gasteiger charge is 2.23. The van der Waals surface area contributed by atoms with Gasteiger partial charge < -0.3 is 13.7 Å². The highest BCUT2D eigenvalue weighted by molar-refractivity contribution is 6.09. The summed E-state index contributed by atoms with van der Waals surface area (Å²) < 4.78 is 13.0. The molecular formula is C45H29NO2. The maximum Gasteiger partial charge on any atom is 0.137 e. The molecule has 0 bridgehead atoms. The Balaban J connectivity index is 1.25. The molecule has 7 aromatic carbocycles. The summed E-state index contributed by atoms with van der Waals surface area (Å²) in [5, 5.41) is 8.18. The van der Waals surface area contributed by atoms with Gasteiger partial charge in [0, 0.05) is 50.8 Å². The fourth-order valence-electron chi connectivity index (χ4n) is 7.50. The SMILES string of the molecule is C1=c2ccccc2=Cc2c(oc3cccc(-c4ccccc4N(c4ccc5c(c4)oc4ccccc45)c4cccc5ccccc45)c23)C1. The van der Waals surface area contributed by atoms with Crippen molar-refractivity contribution in [3.63, 3.8) is 0 Å². The van der Waals surface area contributed by atoms with Crippen LogP contribution < -0.4 is 15.3 Å². The third-order valence-corrected chi connectivity index (χ3v) is 9.70. The molecule has 3 heteroatoms. The molecule has 0 radical (unpaired) electrons. The third-order valence-electron chi connectivity index (χ3n) is 9.70. The van der Waals surface area contributed by atoms with Gasteiger partial charge in [-0.25, -0.2) is 0 Å². The summed E-state index contributed by atoms with van der Waals surface area (Å²) in [4.78, 5) is 2.38. The molecule has 226 valence electrons. The van der Waals surface area contributed by atoms with E-state index in [2.05, 4.69) is 157 Å². The molecule has 48 heavy (non-hydrogen) atoms. The lowest BCUT2D eigenvalue weighted by atomic mass is 9.95. The van der Waals surface area contributed by atoms with Crippen molar-refractivity contribution in [2.45, 2.75) is 6.42 Å². The van der Waals surface area contributed by atoms with Gasteiger partial charge in [-0.05, 0) is 63.9 Å². The largest absolute Gasteiger partial charge is 0.460 e. The van der Waals surface area contributed by atoms with Crippen LogP contribution in [0.25, 0.3) is 67.0 Å². The van der Waals surface area contributed by atoms with Crippen LogP contribution in [0.4, 0.5) is 17.1 Å². The minimum atomic E-state index is 0.748. The van der Waals surface area contributed by atoms with Crippen molar-refractivity contribution in [3.05, 3.63) is 173 Å². The quantitative estimate of drug-likeness (QED) is 0.197. The number of hydrogen-bond acceptors (Lipinski definition) is 3. The Morgan fingerprint density at radius 3 is 2.12 bits per heavy atom. The minimum absolute atomic E-state index is 0.748. The Morgan fingerprint density at radius 2 is 1.17 bits per heavy atom. The molecule has 0 atom stereocenters. The van der Waals surface area contributed by atoms with Crippen molar-refractivity contribution >= 4 is 72.9 Å². The van der Waals surface area contributed by atoms with Crippen LogP contribution in [0.2, 0.25) is 0 Å². The Bertz CT molecular complexity index is 2830. The predicted octanol–water partition coefficient (Wildman–Crippen LogP) is 10.8. The first-order valence-corrected chi connectivity index (χ1v) is 16.4. The van der Waals surface area contributed by atoms with Gasteiger partial charge in [-0.1, -0.05) is 115 Å². The lowest BCUT2D eigenvalue weighted by Gasteiger charge is -2.29. The molecule has 1 aliphatic rings. The number of hydrogen-bond donors (Lipinski definition) is 0.